The van der Waals surface area contributed by atoms with E-state index >= 15 is 0 Å². The summed E-state index contributed by atoms with van der Waals surface area (Å²) in [5.41, 5.74) is 1.23. The van der Waals surface area contributed by atoms with Crippen molar-refractivity contribution < 1.29 is 9.18 Å². The lowest BCUT2D eigenvalue weighted by Crippen LogP contribution is -1.92. The fourth-order valence-corrected chi connectivity index (χ4v) is 2.60. The SMILES string of the molecule is CC(=O)c1ccc(SCc2cccc(C#N)c2F)cc1. The fraction of sp³-hybridized carbons (Fsp3) is 0.125. The maximum absolute atomic E-state index is 13.9. The van der Waals surface area contributed by atoms with Crippen molar-refractivity contribution in [3.8, 4) is 6.07 Å². The van der Waals surface area contributed by atoms with E-state index < -0.39 is 5.82 Å². The van der Waals surface area contributed by atoms with Crippen LogP contribution < -0.4 is 0 Å². The molecule has 0 aromatic heterocycles. The first-order valence-corrected chi connectivity index (χ1v) is 7.01. The predicted molar refractivity (Wildman–Crippen MR) is 77.1 cm³/mol. The summed E-state index contributed by atoms with van der Waals surface area (Å²) in [6, 6.07) is 13.8. The number of hydrogen-bond donors (Lipinski definition) is 0. The summed E-state index contributed by atoms with van der Waals surface area (Å²) in [5.74, 6) is 0.0120. The van der Waals surface area contributed by atoms with Crippen LogP contribution in [0.1, 0.15) is 28.4 Å². The van der Waals surface area contributed by atoms with Crippen LogP contribution in [-0.4, -0.2) is 5.78 Å². The number of halogens is 1. The topological polar surface area (TPSA) is 40.9 Å². The molecule has 0 radical (unpaired) electrons. The summed E-state index contributed by atoms with van der Waals surface area (Å²) >= 11 is 1.47. The highest BCUT2D eigenvalue weighted by molar-refractivity contribution is 7.98. The van der Waals surface area contributed by atoms with E-state index in [4.69, 9.17) is 5.26 Å². The van der Waals surface area contributed by atoms with Crippen molar-refractivity contribution in [3.63, 3.8) is 0 Å². The summed E-state index contributed by atoms with van der Waals surface area (Å²) in [4.78, 5) is 12.1. The fourth-order valence-electron chi connectivity index (χ4n) is 1.72. The Morgan fingerprint density at radius 2 is 1.95 bits per heavy atom. The molecule has 0 bridgehead atoms. The van der Waals surface area contributed by atoms with Gasteiger partial charge in [0.05, 0.1) is 5.56 Å². The first kappa shape index (κ1) is 14.3. The minimum Gasteiger partial charge on any atom is -0.295 e. The zero-order valence-corrected chi connectivity index (χ0v) is 11.7. The Bertz CT molecular complexity index is 674. The maximum atomic E-state index is 13.9. The van der Waals surface area contributed by atoms with E-state index in [2.05, 4.69) is 0 Å². The van der Waals surface area contributed by atoms with Crippen LogP contribution in [0.5, 0.6) is 0 Å². The van der Waals surface area contributed by atoms with Crippen molar-refractivity contribution in [1.82, 2.24) is 0 Å². The van der Waals surface area contributed by atoms with E-state index in [1.807, 2.05) is 18.2 Å². The van der Waals surface area contributed by atoms with Crippen LogP contribution in [-0.2, 0) is 5.75 Å². The second-order valence-electron chi connectivity index (χ2n) is 4.26. The van der Waals surface area contributed by atoms with Gasteiger partial charge in [0.1, 0.15) is 11.9 Å². The minimum absolute atomic E-state index is 0.0225. The van der Waals surface area contributed by atoms with E-state index in [0.29, 0.717) is 16.9 Å². The van der Waals surface area contributed by atoms with Gasteiger partial charge in [-0.3, -0.25) is 4.79 Å². The molecule has 0 fully saturated rings. The molecule has 2 nitrogen and oxygen atoms in total. The second-order valence-corrected chi connectivity index (χ2v) is 5.31. The van der Waals surface area contributed by atoms with Gasteiger partial charge >= 0.3 is 0 Å². The molecule has 100 valence electrons. The van der Waals surface area contributed by atoms with Gasteiger partial charge in [0.2, 0.25) is 0 Å². The van der Waals surface area contributed by atoms with Crippen molar-refractivity contribution in [2.75, 3.05) is 0 Å². The summed E-state index contributed by atoms with van der Waals surface area (Å²) in [6.07, 6.45) is 0. The number of benzene rings is 2. The molecule has 0 heterocycles. The molecule has 0 N–H and O–H groups in total. The Morgan fingerprint density at radius 1 is 1.25 bits per heavy atom. The molecule has 0 saturated heterocycles. The average molecular weight is 285 g/mol. The smallest absolute Gasteiger partial charge is 0.159 e. The van der Waals surface area contributed by atoms with E-state index in [1.165, 1.54) is 24.8 Å². The molecule has 0 aliphatic carbocycles. The third-order valence-electron chi connectivity index (χ3n) is 2.85. The van der Waals surface area contributed by atoms with Crippen molar-refractivity contribution in [1.29, 1.82) is 5.26 Å². The number of carbonyl (C=O) groups excluding carboxylic acids is 1. The highest BCUT2D eigenvalue weighted by Gasteiger charge is 2.08. The van der Waals surface area contributed by atoms with Crippen molar-refractivity contribution in [2.45, 2.75) is 17.6 Å². The molecular weight excluding hydrogens is 273 g/mol. The number of nitrogens with zero attached hydrogens (tertiary/aromatic N) is 1. The van der Waals surface area contributed by atoms with Gasteiger partial charge in [-0.05, 0) is 30.7 Å². The van der Waals surface area contributed by atoms with Crippen LogP contribution in [0.15, 0.2) is 47.4 Å². The van der Waals surface area contributed by atoms with E-state index in [1.54, 1.807) is 24.3 Å². The zero-order valence-electron chi connectivity index (χ0n) is 10.9. The number of ketones is 1. The van der Waals surface area contributed by atoms with Gasteiger partial charge in [0, 0.05) is 16.2 Å². The Hall–Kier alpha value is -2.12. The molecular formula is C16H12FNOS. The third kappa shape index (κ3) is 3.25. The normalized spacial score (nSPS) is 10.1. The quantitative estimate of drug-likeness (QED) is 0.624. The highest BCUT2D eigenvalue weighted by Crippen LogP contribution is 2.25. The zero-order chi connectivity index (χ0) is 14.5. The molecule has 20 heavy (non-hydrogen) atoms. The Kier molecular flexibility index (Phi) is 4.54. The van der Waals surface area contributed by atoms with Gasteiger partial charge in [-0.2, -0.15) is 5.26 Å². The van der Waals surface area contributed by atoms with Crippen LogP contribution >= 0.6 is 11.8 Å². The van der Waals surface area contributed by atoms with Crippen LogP contribution in [0.2, 0.25) is 0 Å². The predicted octanol–water partition coefficient (Wildman–Crippen LogP) is 4.19. The van der Waals surface area contributed by atoms with E-state index in [-0.39, 0.29) is 11.3 Å². The van der Waals surface area contributed by atoms with Crippen LogP contribution in [0.4, 0.5) is 4.39 Å². The maximum Gasteiger partial charge on any atom is 0.159 e. The van der Waals surface area contributed by atoms with Crippen LogP contribution in [0.25, 0.3) is 0 Å². The van der Waals surface area contributed by atoms with E-state index in [0.717, 1.165) is 4.90 Å². The summed E-state index contributed by atoms with van der Waals surface area (Å²) in [5, 5.41) is 8.78. The first-order valence-electron chi connectivity index (χ1n) is 6.03. The first-order chi connectivity index (χ1) is 9.61. The monoisotopic (exact) mass is 285 g/mol. The molecule has 0 unspecified atom stereocenters. The van der Waals surface area contributed by atoms with Gasteiger partial charge in [-0.1, -0.05) is 24.3 Å². The Morgan fingerprint density at radius 3 is 2.55 bits per heavy atom. The number of Topliss-reactive ketones (excluding diaryl/α,β-unsaturated/α-hetero) is 1. The molecule has 0 aliphatic rings. The van der Waals surface area contributed by atoms with Gasteiger partial charge < -0.3 is 0 Å². The number of nitriles is 1. The highest BCUT2D eigenvalue weighted by atomic mass is 32.2. The molecule has 2 aromatic carbocycles. The molecule has 4 heteroatoms. The standard InChI is InChI=1S/C16H12FNOS/c1-11(19)12-5-7-15(8-6-12)20-10-14-4-2-3-13(9-18)16(14)17/h2-8H,10H2,1H3. The van der Waals surface area contributed by atoms with Crippen molar-refractivity contribution >= 4 is 17.5 Å². The number of rotatable bonds is 4. The number of thioether (sulfide) groups is 1. The molecule has 2 rings (SSSR count). The Labute approximate surface area is 121 Å². The van der Waals surface area contributed by atoms with Gasteiger partial charge in [0.25, 0.3) is 0 Å². The van der Waals surface area contributed by atoms with Crippen molar-refractivity contribution in [3.05, 3.63) is 65.0 Å². The molecule has 0 saturated carbocycles. The third-order valence-corrected chi connectivity index (χ3v) is 3.92. The van der Waals surface area contributed by atoms with Crippen LogP contribution in [0, 0.1) is 17.1 Å². The summed E-state index contributed by atoms with van der Waals surface area (Å²) < 4.78 is 13.9. The van der Waals surface area contributed by atoms with Crippen LogP contribution in [0.3, 0.4) is 0 Å². The second kappa shape index (κ2) is 6.36. The summed E-state index contributed by atoms with van der Waals surface area (Å²) in [6.45, 7) is 1.52. The minimum atomic E-state index is -0.456. The van der Waals surface area contributed by atoms with Gasteiger partial charge in [-0.15, -0.1) is 11.8 Å². The summed E-state index contributed by atoms with van der Waals surface area (Å²) in [7, 11) is 0. The molecule has 0 atom stereocenters. The average Bonchev–Trinajstić information content (AvgIpc) is 2.46. The van der Waals surface area contributed by atoms with Crippen molar-refractivity contribution in [2.24, 2.45) is 0 Å². The lowest BCUT2D eigenvalue weighted by atomic mass is 10.1. The van der Waals surface area contributed by atoms with Gasteiger partial charge in [0.15, 0.2) is 5.78 Å². The number of carbonyl (C=O) groups is 1. The lowest BCUT2D eigenvalue weighted by Gasteiger charge is -2.05. The molecule has 0 amide bonds. The molecule has 0 spiro atoms. The lowest BCUT2D eigenvalue weighted by molar-refractivity contribution is 0.101. The Balaban J connectivity index is 2.09. The van der Waals surface area contributed by atoms with Gasteiger partial charge in [-0.25, -0.2) is 4.39 Å². The number of hydrogen-bond acceptors (Lipinski definition) is 3. The molecule has 0 aliphatic heterocycles. The van der Waals surface area contributed by atoms with E-state index in [9.17, 15) is 9.18 Å². The molecule has 2 aromatic rings. The largest absolute Gasteiger partial charge is 0.295 e.